The summed E-state index contributed by atoms with van der Waals surface area (Å²) >= 11 is 0. The van der Waals surface area contributed by atoms with Crippen LogP contribution in [-0.4, -0.2) is 22.0 Å². The van der Waals surface area contributed by atoms with Gasteiger partial charge in [-0.05, 0) is 33.4 Å². The van der Waals surface area contributed by atoms with Crippen LogP contribution in [0.25, 0.3) is 0 Å². The van der Waals surface area contributed by atoms with Gasteiger partial charge in [-0.1, -0.05) is 182 Å². The van der Waals surface area contributed by atoms with Crippen LogP contribution >= 0.6 is 0 Å². The van der Waals surface area contributed by atoms with E-state index in [-0.39, 0.29) is 0 Å². The quantitative estimate of drug-likeness (QED) is 0.108. The van der Waals surface area contributed by atoms with Crippen molar-refractivity contribution in [2.75, 3.05) is 0 Å². The van der Waals surface area contributed by atoms with Crippen molar-refractivity contribution < 1.29 is 19.8 Å². The van der Waals surface area contributed by atoms with Gasteiger partial charge in [0.15, 0.2) is 0 Å². The Morgan fingerprint density at radius 3 is 0.878 bits per heavy atom. The molecule has 6 aromatic rings. The van der Waals surface area contributed by atoms with Gasteiger partial charge in [0.1, 0.15) is 17.6 Å². The molecule has 0 fully saturated rings. The summed E-state index contributed by atoms with van der Waals surface area (Å²) in [5.41, 5.74) is 0.304. The highest BCUT2D eigenvalue weighted by atomic mass is 16.3. The highest BCUT2D eigenvalue weighted by Gasteiger charge is 2.44. The van der Waals surface area contributed by atoms with E-state index in [2.05, 4.69) is 10.6 Å². The molecule has 4 N–H and O–H groups in total. The molecule has 2 amide bonds. The number of nitrogens with one attached hydrogen (secondary N) is 2. The maximum Gasteiger partial charge on any atom is 0.230 e. The van der Waals surface area contributed by atoms with Gasteiger partial charge in [-0.2, -0.15) is 0 Å². The van der Waals surface area contributed by atoms with Crippen molar-refractivity contribution in [2.45, 2.75) is 29.7 Å². The number of hydrogen-bond acceptors (Lipinski definition) is 4. The first-order valence-corrected chi connectivity index (χ1v) is 16.3. The van der Waals surface area contributed by atoms with Gasteiger partial charge in [0.2, 0.25) is 11.8 Å². The number of benzene rings is 6. The molecule has 244 valence electrons. The smallest absolute Gasteiger partial charge is 0.230 e. The Labute approximate surface area is 286 Å². The number of amides is 2. The van der Waals surface area contributed by atoms with E-state index in [4.69, 9.17) is 0 Å². The van der Waals surface area contributed by atoms with Crippen LogP contribution in [0.2, 0.25) is 0 Å². The lowest BCUT2D eigenvalue weighted by molar-refractivity contribution is -0.132. The number of aliphatic hydroxyl groups is 2. The fourth-order valence-electron chi connectivity index (χ4n) is 6.49. The van der Waals surface area contributed by atoms with E-state index in [0.717, 1.165) is 0 Å². The third-order valence-corrected chi connectivity index (χ3v) is 8.89. The fourth-order valence-corrected chi connectivity index (χ4v) is 6.49. The average molecular weight is 647 g/mol. The summed E-state index contributed by atoms with van der Waals surface area (Å²) in [6, 6.07) is 53.3. The van der Waals surface area contributed by atoms with Crippen molar-refractivity contribution >= 4 is 11.8 Å². The molecule has 49 heavy (non-hydrogen) atoms. The van der Waals surface area contributed by atoms with Crippen LogP contribution in [-0.2, 0) is 20.8 Å². The molecular formula is C43H38N2O4. The monoisotopic (exact) mass is 646 g/mol. The molecule has 0 spiro atoms. The van der Waals surface area contributed by atoms with Crippen molar-refractivity contribution in [3.05, 3.63) is 215 Å². The molecule has 0 aliphatic carbocycles. The second-order valence-corrected chi connectivity index (χ2v) is 12.0. The van der Waals surface area contributed by atoms with Gasteiger partial charge in [-0.15, -0.1) is 0 Å². The number of rotatable bonds is 12. The minimum Gasteiger partial charge on any atom is -0.378 e. The van der Waals surface area contributed by atoms with E-state index in [9.17, 15) is 19.8 Å². The molecule has 6 aromatic carbocycles. The first kappa shape index (κ1) is 33.1. The molecule has 6 nitrogen and oxygen atoms in total. The van der Waals surface area contributed by atoms with E-state index >= 15 is 0 Å². The first-order valence-electron chi connectivity index (χ1n) is 16.3. The third kappa shape index (κ3) is 7.06. The fraction of sp³-hybridized carbons (Fsp3) is 0.116. The lowest BCUT2D eigenvalue weighted by Crippen LogP contribution is -2.48. The maximum absolute atomic E-state index is 13.9. The van der Waals surface area contributed by atoms with Gasteiger partial charge >= 0.3 is 0 Å². The molecule has 0 heterocycles. The van der Waals surface area contributed by atoms with Crippen LogP contribution in [0.15, 0.2) is 182 Å². The molecular weight excluding hydrogens is 608 g/mol. The van der Waals surface area contributed by atoms with E-state index < -0.39 is 41.5 Å². The van der Waals surface area contributed by atoms with Crippen molar-refractivity contribution in [1.82, 2.24) is 10.6 Å². The summed E-state index contributed by atoms with van der Waals surface area (Å²) in [4.78, 5) is 27.8. The maximum atomic E-state index is 13.9. The SMILES string of the molecule is O=C(CC(=O)N[C@H](c1ccccc1)C(O)(c1ccccc1)c1ccccc1)N[C@H](c1ccccc1)C(O)(c1ccccc1)c1ccccc1. The highest BCUT2D eigenvalue weighted by Crippen LogP contribution is 2.42. The zero-order chi connectivity index (χ0) is 34.1. The molecule has 0 saturated heterocycles. The summed E-state index contributed by atoms with van der Waals surface area (Å²) in [6.45, 7) is 0. The van der Waals surface area contributed by atoms with E-state index in [1.165, 1.54) is 0 Å². The molecule has 0 saturated carbocycles. The molecule has 0 bridgehead atoms. The molecule has 0 unspecified atom stereocenters. The summed E-state index contributed by atoms with van der Waals surface area (Å²) in [6.07, 6.45) is -0.550. The summed E-state index contributed by atoms with van der Waals surface area (Å²) < 4.78 is 0. The second kappa shape index (κ2) is 14.9. The summed E-state index contributed by atoms with van der Waals surface area (Å²) in [5, 5.41) is 31.3. The van der Waals surface area contributed by atoms with Gasteiger partial charge in [0, 0.05) is 0 Å². The van der Waals surface area contributed by atoms with E-state index in [0.29, 0.717) is 33.4 Å². The van der Waals surface area contributed by atoms with Crippen LogP contribution in [0.4, 0.5) is 0 Å². The summed E-state index contributed by atoms with van der Waals surface area (Å²) in [5.74, 6) is -1.18. The second-order valence-electron chi connectivity index (χ2n) is 12.0. The zero-order valence-corrected chi connectivity index (χ0v) is 26.9. The Morgan fingerprint density at radius 1 is 0.408 bits per heavy atom. The molecule has 0 radical (unpaired) electrons. The Hall–Kier alpha value is -5.82. The van der Waals surface area contributed by atoms with E-state index in [1.807, 2.05) is 182 Å². The molecule has 6 heteroatoms. The van der Waals surface area contributed by atoms with Crippen LogP contribution in [0, 0.1) is 0 Å². The molecule has 0 aliphatic rings. The van der Waals surface area contributed by atoms with Crippen LogP contribution in [0.3, 0.4) is 0 Å². The molecule has 0 aromatic heterocycles. The Morgan fingerprint density at radius 2 is 0.633 bits per heavy atom. The predicted octanol–water partition coefficient (Wildman–Crippen LogP) is 6.96. The average Bonchev–Trinajstić information content (AvgIpc) is 3.17. The number of hydrogen-bond donors (Lipinski definition) is 4. The minimum atomic E-state index is -1.68. The molecule has 2 atom stereocenters. The van der Waals surface area contributed by atoms with Gasteiger partial charge in [-0.25, -0.2) is 0 Å². The van der Waals surface area contributed by atoms with Crippen molar-refractivity contribution in [1.29, 1.82) is 0 Å². The third-order valence-electron chi connectivity index (χ3n) is 8.89. The zero-order valence-electron chi connectivity index (χ0n) is 26.9. The standard InChI is InChI=1S/C43H38N2O4/c46-38(44-40(32-19-7-1-8-20-32)42(48,34-23-11-3-12-24-34)35-25-13-4-14-26-35)31-39(47)45-41(33-21-9-2-10-22-33)43(49,36-27-15-5-16-28-36)37-29-17-6-18-30-37/h1-30,40-41,48-49H,31H2,(H,44,46)(H,45,47)/t40-,41-/m1/s1. The Balaban J connectivity index is 1.34. The normalized spacial score (nSPS) is 12.8. The predicted molar refractivity (Wildman–Crippen MR) is 191 cm³/mol. The van der Waals surface area contributed by atoms with Gasteiger partial charge in [0.05, 0.1) is 12.1 Å². The molecule has 6 rings (SSSR count). The minimum absolute atomic E-state index is 0.550. The lowest BCUT2D eigenvalue weighted by atomic mass is 9.77. The lowest BCUT2D eigenvalue weighted by Gasteiger charge is -2.39. The summed E-state index contributed by atoms with van der Waals surface area (Å²) in [7, 11) is 0. The van der Waals surface area contributed by atoms with Crippen LogP contribution in [0.5, 0.6) is 0 Å². The largest absolute Gasteiger partial charge is 0.378 e. The van der Waals surface area contributed by atoms with Gasteiger partial charge < -0.3 is 20.8 Å². The van der Waals surface area contributed by atoms with Gasteiger partial charge in [-0.3, -0.25) is 9.59 Å². The highest BCUT2D eigenvalue weighted by molar-refractivity contribution is 5.97. The number of carbonyl (C=O) groups excluding carboxylic acids is 2. The molecule has 0 aliphatic heterocycles. The first-order chi connectivity index (χ1) is 23.9. The van der Waals surface area contributed by atoms with E-state index in [1.54, 1.807) is 0 Å². The van der Waals surface area contributed by atoms with Crippen molar-refractivity contribution in [3.8, 4) is 0 Å². The van der Waals surface area contributed by atoms with Crippen molar-refractivity contribution in [2.24, 2.45) is 0 Å². The number of carbonyl (C=O) groups is 2. The Bertz CT molecular complexity index is 1720. The van der Waals surface area contributed by atoms with Crippen molar-refractivity contribution in [3.63, 3.8) is 0 Å². The van der Waals surface area contributed by atoms with Gasteiger partial charge in [0.25, 0.3) is 0 Å². The van der Waals surface area contributed by atoms with Crippen LogP contribution in [0.1, 0.15) is 51.9 Å². The van der Waals surface area contributed by atoms with Crippen LogP contribution < -0.4 is 10.6 Å². The topological polar surface area (TPSA) is 98.7 Å². The Kier molecular flexibility index (Phi) is 10.1.